The molecular formula is C18H34O4. The number of ether oxygens (including phenoxy) is 2. The molecular weight excluding hydrogens is 280 g/mol. The molecule has 0 saturated carbocycles. The molecule has 0 heterocycles. The van der Waals surface area contributed by atoms with Gasteiger partial charge < -0.3 is 9.47 Å². The third-order valence-corrected chi connectivity index (χ3v) is 3.44. The summed E-state index contributed by atoms with van der Waals surface area (Å²) < 4.78 is 10.2. The summed E-state index contributed by atoms with van der Waals surface area (Å²) in [5, 5.41) is 0. The van der Waals surface area contributed by atoms with Crippen LogP contribution in [0.2, 0.25) is 0 Å². The van der Waals surface area contributed by atoms with Crippen LogP contribution >= 0.6 is 0 Å². The lowest BCUT2D eigenvalue weighted by Gasteiger charge is -2.14. The van der Waals surface area contributed by atoms with E-state index >= 15 is 0 Å². The fourth-order valence-electron chi connectivity index (χ4n) is 2.39. The molecule has 0 aromatic carbocycles. The van der Waals surface area contributed by atoms with Crippen molar-refractivity contribution >= 4 is 11.9 Å². The average Bonchev–Trinajstić information content (AvgIpc) is 2.40. The van der Waals surface area contributed by atoms with Gasteiger partial charge in [0.1, 0.15) is 6.42 Å². The first-order valence-electron chi connectivity index (χ1n) is 8.80. The van der Waals surface area contributed by atoms with Crippen LogP contribution in [-0.4, -0.2) is 24.6 Å². The topological polar surface area (TPSA) is 52.6 Å². The molecule has 1 atom stereocenters. The van der Waals surface area contributed by atoms with Gasteiger partial charge in [0, 0.05) is 0 Å². The lowest BCUT2D eigenvalue weighted by Crippen LogP contribution is -2.20. The van der Waals surface area contributed by atoms with Gasteiger partial charge in [-0.25, -0.2) is 0 Å². The van der Waals surface area contributed by atoms with Gasteiger partial charge in [0.15, 0.2) is 0 Å². The maximum Gasteiger partial charge on any atom is 0.317 e. The molecule has 0 spiro atoms. The fourth-order valence-corrected chi connectivity index (χ4v) is 2.39. The summed E-state index contributed by atoms with van der Waals surface area (Å²) in [6.45, 7) is 8.60. The van der Waals surface area contributed by atoms with E-state index in [0.717, 1.165) is 19.3 Å². The maximum absolute atomic E-state index is 11.6. The normalized spacial score (nSPS) is 12.2. The van der Waals surface area contributed by atoms with Crippen LogP contribution in [0.4, 0.5) is 0 Å². The van der Waals surface area contributed by atoms with E-state index in [1.807, 2.05) is 6.92 Å². The zero-order valence-electron chi connectivity index (χ0n) is 14.9. The Balaban J connectivity index is 3.54. The second kappa shape index (κ2) is 13.6. The predicted molar refractivity (Wildman–Crippen MR) is 88.6 cm³/mol. The summed E-state index contributed by atoms with van der Waals surface area (Å²) in [4.78, 5) is 23.1. The van der Waals surface area contributed by atoms with E-state index in [-0.39, 0.29) is 12.5 Å². The Hall–Kier alpha value is -1.06. The molecule has 0 aromatic heterocycles. The number of rotatable bonds is 13. The van der Waals surface area contributed by atoms with Crippen LogP contribution in [0.5, 0.6) is 0 Å². The molecule has 0 aromatic rings. The third kappa shape index (κ3) is 13.9. The monoisotopic (exact) mass is 314 g/mol. The van der Waals surface area contributed by atoms with Gasteiger partial charge >= 0.3 is 11.9 Å². The molecule has 0 radical (unpaired) electrons. The smallest absolute Gasteiger partial charge is 0.317 e. The van der Waals surface area contributed by atoms with Crippen molar-refractivity contribution in [2.45, 2.75) is 91.6 Å². The maximum atomic E-state index is 11.6. The van der Waals surface area contributed by atoms with E-state index in [1.54, 1.807) is 0 Å². The Kier molecular flexibility index (Phi) is 12.9. The zero-order chi connectivity index (χ0) is 16.8. The number of unbranched alkanes of at least 4 members (excludes halogenated alkanes) is 6. The van der Waals surface area contributed by atoms with Crippen molar-refractivity contribution in [1.29, 1.82) is 0 Å². The molecule has 1 unspecified atom stereocenters. The molecule has 0 N–H and O–H groups in total. The molecule has 0 rings (SSSR count). The molecule has 130 valence electrons. The van der Waals surface area contributed by atoms with Crippen molar-refractivity contribution in [2.75, 3.05) is 6.61 Å². The zero-order valence-corrected chi connectivity index (χ0v) is 14.9. The van der Waals surface area contributed by atoms with Gasteiger partial charge in [-0.3, -0.25) is 9.59 Å². The van der Waals surface area contributed by atoms with Crippen molar-refractivity contribution in [1.82, 2.24) is 0 Å². The van der Waals surface area contributed by atoms with E-state index in [1.165, 1.54) is 32.1 Å². The van der Waals surface area contributed by atoms with Crippen LogP contribution in [0.1, 0.15) is 85.5 Å². The molecule has 0 amide bonds. The molecule has 0 aliphatic rings. The highest BCUT2D eigenvalue weighted by Crippen LogP contribution is 2.09. The highest BCUT2D eigenvalue weighted by atomic mass is 16.6. The summed E-state index contributed by atoms with van der Waals surface area (Å²) in [7, 11) is 0. The third-order valence-electron chi connectivity index (χ3n) is 3.44. The fraction of sp³-hybridized carbons (Fsp3) is 0.889. The van der Waals surface area contributed by atoms with Crippen LogP contribution < -0.4 is 0 Å². The number of carbonyl (C=O) groups is 2. The van der Waals surface area contributed by atoms with Crippen LogP contribution in [0.25, 0.3) is 0 Å². The minimum absolute atomic E-state index is 0.150. The first kappa shape index (κ1) is 20.9. The summed E-state index contributed by atoms with van der Waals surface area (Å²) >= 11 is 0. The van der Waals surface area contributed by atoms with Gasteiger partial charge in [-0.2, -0.15) is 0 Å². The number of carbonyl (C=O) groups excluding carboxylic acids is 2. The van der Waals surface area contributed by atoms with Crippen LogP contribution in [0.3, 0.4) is 0 Å². The SMILES string of the molecule is CCCCCCCCCOC(=O)CC(=O)OC(C)CC(C)C. The Morgan fingerprint density at radius 2 is 1.45 bits per heavy atom. The highest BCUT2D eigenvalue weighted by Gasteiger charge is 2.15. The van der Waals surface area contributed by atoms with E-state index in [2.05, 4.69) is 20.8 Å². The second-order valence-electron chi connectivity index (χ2n) is 6.45. The largest absolute Gasteiger partial charge is 0.465 e. The molecule has 0 aliphatic carbocycles. The first-order valence-corrected chi connectivity index (χ1v) is 8.80. The number of esters is 2. The van der Waals surface area contributed by atoms with Crippen molar-refractivity contribution in [2.24, 2.45) is 5.92 Å². The second-order valence-corrected chi connectivity index (χ2v) is 6.45. The first-order chi connectivity index (χ1) is 10.5. The Labute approximate surface area is 135 Å². The van der Waals surface area contributed by atoms with Gasteiger partial charge in [-0.1, -0.05) is 59.3 Å². The quantitative estimate of drug-likeness (QED) is 0.282. The Morgan fingerprint density at radius 1 is 0.864 bits per heavy atom. The molecule has 4 nitrogen and oxygen atoms in total. The van der Waals surface area contributed by atoms with E-state index in [4.69, 9.17) is 9.47 Å². The van der Waals surface area contributed by atoms with Crippen molar-refractivity contribution in [3.63, 3.8) is 0 Å². The van der Waals surface area contributed by atoms with Crippen LogP contribution in [0.15, 0.2) is 0 Å². The predicted octanol–water partition coefficient (Wildman–Crippen LogP) is 4.65. The number of hydrogen-bond donors (Lipinski definition) is 0. The summed E-state index contributed by atoms with van der Waals surface area (Å²) in [6, 6.07) is 0. The van der Waals surface area contributed by atoms with Gasteiger partial charge in [-0.15, -0.1) is 0 Å². The van der Waals surface area contributed by atoms with Gasteiger partial charge in [0.05, 0.1) is 12.7 Å². The molecule has 0 saturated heterocycles. The lowest BCUT2D eigenvalue weighted by molar-refractivity contribution is -0.157. The molecule has 0 bridgehead atoms. The van der Waals surface area contributed by atoms with E-state index in [0.29, 0.717) is 12.5 Å². The van der Waals surface area contributed by atoms with Crippen LogP contribution in [-0.2, 0) is 19.1 Å². The van der Waals surface area contributed by atoms with Crippen molar-refractivity contribution in [3.8, 4) is 0 Å². The summed E-state index contributed by atoms with van der Waals surface area (Å²) in [5.41, 5.74) is 0. The van der Waals surface area contributed by atoms with Crippen molar-refractivity contribution in [3.05, 3.63) is 0 Å². The van der Waals surface area contributed by atoms with Gasteiger partial charge in [0.2, 0.25) is 0 Å². The average molecular weight is 314 g/mol. The van der Waals surface area contributed by atoms with Gasteiger partial charge in [-0.05, 0) is 25.7 Å². The lowest BCUT2D eigenvalue weighted by atomic mass is 10.1. The Bertz CT molecular complexity index is 299. The minimum atomic E-state index is -0.488. The molecule has 0 fully saturated rings. The molecule has 0 aliphatic heterocycles. The summed E-state index contributed by atoms with van der Waals surface area (Å²) in [5.74, 6) is -0.502. The van der Waals surface area contributed by atoms with Gasteiger partial charge in [0.25, 0.3) is 0 Å². The van der Waals surface area contributed by atoms with Crippen LogP contribution in [0, 0.1) is 5.92 Å². The minimum Gasteiger partial charge on any atom is -0.465 e. The Morgan fingerprint density at radius 3 is 2.05 bits per heavy atom. The van der Waals surface area contributed by atoms with E-state index < -0.39 is 11.9 Å². The van der Waals surface area contributed by atoms with E-state index in [9.17, 15) is 9.59 Å². The number of hydrogen-bond acceptors (Lipinski definition) is 4. The molecule has 4 heteroatoms. The van der Waals surface area contributed by atoms with Crippen molar-refractivity contribution < 1.29 is 19.1 Å². The highest BCUT2D eigenvalue weighted by molar-refractivity contribution is 5.91. The standard InChI is InChI=1S/C18H34O4/c1-5-6-7-8-9-10-11-12-21-17(19)14-18(20)22-16(4)13-15(2)3/h15-16H,5-14H2,1-4H3. The molecule has 22 heavy (non-hydrogen) atoms. The summed E-state index contributed by atoms with van der Waals surface area (Å²) in [6.07, 6.45) is 8.60.